The van der Waals surface area contributed by atoms with Crippen LogP contribution in [0.1, 0.15) is 20.7 Å². The van der Waals surface area contributed by atoms with Crippen molar-refractivity contribution in [2.75, 3.05) is 4.90 Å². The maximum atomic E-state index is 12.4. The topological polar surface area (TPSA) is 147 Å². The third-order valence-corrected chi connectivity index (χ3v) is 3.48. The lowest BCUT2D eigenvalue weighted by Crippen LogP contribution is -2.30. The molecule has 2 aromatic carbocycles. The molecule has 0 bridgehead atoms. The van der Waals surface area contributed by atoms with E-state index in [2.05, 4.69) is 0 Å². The molecule has 24 heavy (non-hydrogen) atoms. The molecule has 0 aromatic heterocycles. The van der Waals surface area contributed by atoms with E-state index < -0.39 is 44.5 Å². The van der Waals surface area contributed by atoms with Crippen LogP contribution in [0.15, 0.2) is 36.4 Å². The fourth-order valence-corrected chi connectivity index (χ4v) is 2.36. The van der Waals surface area contributed by atoms with Gasteiger partial charge < -0.3 is 5.11 Å². The zero-order valence-corrected chi connectivity index (χ0v) is 11.7. The second kappa shape index (κ2) is 5.12. The first kappa shape index (κ1) is 15.1. The van der Waals surface area contributed by atoms with Crippen molar-refractivity contribution >= 4 is 28.9 Å². The summed E-state index contributed by atoms with van der Waals surface area (Å²) < 4.78 is 0. The zero-order valence-electron chi connectivity index (χ0n) is 11.7. The van der Waals surface area contributed by atoms with E-state index in [-0.39, 0.29) is 11.1 Å². The van der Waals surface area contributed by atoms with Crippen LogP contribution in [0.25, 0.3) is 0 Å². The Bertz CT molecular complexity index is 938. The molecule has 120 valence electrons. The van der Waals surface area contributed by atoms with Gasteiger partial charge in [-0.2, -0.15) is 0 Å². The predicted molar refractivity (Wildman–Crippen MR) is 76.8 cm³/mol. The quantitative estimate of drug-likeness (QED) is 0.469. The molecule has 1 aliphatic heterocycles. The van der Waals surface area contributed by atoms with Gasteiger partial charge in [-0.15, -0.1) is 0 Å². The van der Waals surface area contributed by atoms with Gasteiger partial charge in [-0.3, -0.25) is 29.8 Å². The SMILES string of the molecule is O=C1c2ccc([N+](=O)[O-])cc2C(=O)N1c1cc([N+](=O)[O-])ccc1[O-]. The van der Waals surface area contributed by atoms with Crippen molar-refractivity contribution in [2.24, 2.45) is 0 Å². The number of carbonyl (C=O) groups excluding carboxylic acids is 2. The largest absolute Gasteiger partial charge is 0.871 e. The van der Waals surface area contributed by atoms with Gasteiger partial charge in [0.25, 0.3) is 23.2 Å². The molecule has 0 N–H and O–H groups in total. The van der Waals surface area contributed by atoms with E-state index in [1.807, 2.05) is 0 Å². The molecule has 0 saturated heterocycles. The molecule has 10 nitrogen and oxygen atoms in total. The zero-order chi connectivity index (χ0) is 17.6. The monoisotopic (exact) mass is 328 g/mol. The second-order valence-corrected chi connectivity index (χ2v) is 4.84. The lowest BCUT2D eigenvalue weighted by atomic mass is 10.1. The molecule has 0 atom stereocenters. The van der Waals surface area contributed by atoms with Gasteiger partial charge in [0.2, 0.25) is 0 Å². The summed E-state index contributed by atoms with van der Waals surface area (Å²) in [5.41, 5.74) is -1.68. The first-order chi connectivity index (χ1) is 11.3. The van der Waals surface area contributed by atoms with Gasteiger partial charge in [-0.25, -0.2) is 4.90 Å². The maximum Gasteiger partial charge on any atom is 0.271 e. The van der Waals surface area contributed by atoms with Crippen LogP contribution < -0.4 is 10.0 Å². The number of nitrogens with zero attached hydrogens (tertiary/aromatic N) is 3. The summed E-state index contributed by atoms with van der Waals surface area (Å²) in [6.07, 6.45) is 0. The number of nitro benzene ring substituents is 2. The summed E-state index contributed by atoms with van der Waals surface area (Å²) in [5, 5.41) is 33.5. The highest BCUT2D eigenvalue weighted by Gasteiger charge is 2.38. The van der Waals surface area contributed by atoms with E-state index in [1.165, 1.54) is 0 Å². The van der Waals surface area contributed by atoms with Gasteiger partial charge in [0, 0.05) is 24.3 Å². The number of nitro groups is 2. The summed E-state index contributed by atoms with van der Waals surface area (Å²) in [5.74, 6) is -2.58. The van der Waals surface area contributed by atoms with Gasteiger partial charge >= 0.3 is 0 Å². The number of rotatable bonds is 3. The fraction of sp³-hybridized carbons (Fsp3) is 0. The summed E-state index contributed by atoms with van der Waals surface area (Å²) in [7, 11) is 0. The number of non-ortho nitro benzene ring substituents is 2. The lowest BCUT2D eigenvalue weighted by Gasteiger charge is -2.20. The van der Waals surface area contributed by atoms with E-state index >= 15 is 0 Å². The molecule has 0 spiro atoms. The van der Waals surface area contributed by atoms with Crippen LogP contribution in [-0.4, -0.2) is 21.7 Å². The number of hydrogen-bond donors (Lipinski definition) is 0. The Hall–Kier alpha value is -3.82. The number of carbonyl (C=O) groups is 2. The molecule has 0 aliphatic carbocycles. The van der Waals surface area contributed by atoms with Crippen LogP contribution in [-0.2, 0) is 0 Å². The average Bonchev–Trinajstić information content (AvgIpc) is 2.79. The lowest BCUT2D eigenvalue weighted by molar-refractivity contribution is -0.385. The Kier molecular flexibility index (Phi) is 3.22. The van der Waals surface area contributed by atoms with Gasteiger partial charge in [-0.1, -0.05) is 11.8 Å². The number of benzene rings is 2. The van der Waals surface area contributed by atoms with Crippen molar-refractivity contribution in [3.05, 3.63) is 67.8 Å². The third kappa shape index (κ3) is 2.13. The van der Waals surface area contributed by atoms with E-state index in [1.54, 1.807) is 0 Å². The number of amides is 2. The van der Waals surface area contributed by atoms with Crippen LogP contribution in [0.2, 0.25) is 0 Å². The highest BCUT2D eigenvalue weighted by Crippen LogP contribution is 2.36. The van der Waals surface area contributed by atoms with Crippen molar-refractivity contribution in [2.45, 2.75) is 0 Å². The van der Waals surface area contributed by atoms with Crippen molar-refractivity contribution in [3.8, 4) is 5.75 Å². The van der Waals surface area contributed by atoms with Crippen LogP contribution in [0.5, 0.6) is 5.75 Å². The van der Waals surface area contributed by atoms with Crippen molar-refractivity contribution in [1.82, 2.24) is 0 Å². The normalized spacial score (nSPS) is 13.1. The van der Waals surface area contributed by atoms with E-state index in [4.69, 9.17) is 0 Å². The minimum atomic E-state index is -0.948. The fourth-order valence-electron chi connectivity index (χ4n) is 2.36. The molecule has 10 heteroatoms. The van der Waals surface area contributed by atoms with Gasteiger partial charge in [0.05, 0.1) is 26.7 Å². The molecule has 1 heterocycles. The van der Waals surface area contributed by atoms with Crippen molar-refractivity contribution in [3.63, 3.8) is 0 Å². The summed E-state index contributed by atoms with van der Waals surface area (Å²) in [6, 6.07) is 5.73. The van der Waals surface area contributed by atoms with Crippen LogP contribution in [0, 0.1) is 20.2 Å². The number of hydrogen-bond acceptors (Lipinski definition) is 7. The Morgan fingerprint density at radius 1 is 0.792 bits per heavy atom. The summed E-state index contributed by atoms with van der Waals surface area (Å²) in [4.78, 5) is 45.3. The molecule has 0 saturated carbocycles. The van der Waals surface area contributed by atoms with Crippen LogP contribution >= 0.6 is 0 Å². The standard InChI is InChI=1S/C14H7N3O7/c18-12-4-2-8(17(23)24)6-11(12)15-13(19)9-3-1-7(16(21)22)5-10(9)14(15)20/h1-6,18H/p-1. The Morgan fingerprint density at radius 2 is 1.33 bits per heavy atom. The molecule has 3 rings (SSSR count). The molecule has 1 aliphatic rings. The highest BCUT2D eigenvalue weighted by molar-refractivity contribution is 6.35. The molecular weight excluding hydrogens is 322 g/mol. The van der Waals surface area contributed by atoms with E-state index in [0.717, 1.165) is 36.4 Å². The first-order valence-electron chi connectivity index (χ1n) is 6.44. The van der Waals surface area contributed by atoms with E-state index in [9.17, 15) is 34.9 Å². The molecule has 2 amide bonds. The molecule has 0 radical (unpaired) electrons. The molecule has 0 unspecified atom stereocenters. The molecular formula is C14H6N3O7-. The van der Waals surface area contributed by atoms with Gasteiger partial charge in [-0.05, 0) is 6.07 Å². The van der Waals surface area contributed by atoms with Crippen molar-refractivity contribution < 1.29 is 24.5 Å². The minimum Gasteiger partial charge on any atom is -0.871 e. The predicted octanol–water partition coefficient (Wildman–Crippen LogP) is 1.38. The average molecular weight is 328 g/mol. The van der Waals surface area contributed by atoms with Crippen LogP contribution in [0.3, 0.4) is 0 Å². The number of fused-ring (bicyclic) bond motifs is 1. The summed E-state index contributed by atoms with van der Waals surface area (Å²) in [6.45, 7) is 0. The molecule has 2 aromatic rings. The maximum absolute atomic E-state index is 12.4. The molecule has 0 fully saturated rings. The highest BCUT2D eigenvalue weighted by atomic mass is 16.6. The second-order valence-electron chi connectivity index (χ2n) is 4.84. The van der Waals surface area contributed by atoms with E-state index in [0.29, 0.717) is 4.90 Å². The summed E-state index contributed by atoms with van der Waals surface area (Å²) >= 11 is 0. The smallest absolute Gasteiger partial charge is 0.271 e. The first-order valence-corrected chi connectivity index (χ1v) is 6.44. The Balaban J connectivity index is 2.13. The van der Waals surface area contributed by atoms with Crippen molar-refractivity contribution in [1.29, 1.82) is 0 Å². The van der Waals surface area contributed by atoms with Gasteiger partial charge in [0.15, 0.2) is 0 Å². The third-order valence-electron chi connectivity index (χ3n) is 3.48. The van der Waals surface area contributed by atoms with Crippen LogP contribution in [0.4, 0.5) is 17.1 Å². The number of anilines is 1. The number of imide groups is 1. The van der Waals surface area contributed by atoms with Gasteiger partial charge in [0.1, 0.15) is 0 Å². The minimum absolute atomic E-state index is 0.114. The Labute approximate surface area is 132 Å². The Morgan fingerprint density at radius 3 is 1.96 bits per heavy atom.